The number of hydrogen-bond donors (Lipinski definition) is 2. The normalized spacial score (nSPS) is 9.50. The van der Waals surface area contributed by atoms with E-state index in [1.807, 2.05) is 0 Å². The molecule has 1 aromatic rings. The van der Waals surface area contributed by atoms with E-state index in [4.69, 9.17) is 11.6 Å². The molecule has 1 heterocycles. The highest BCUT2D eigenvalue weighted by Crippen LogP contribution is 2.08. The predicted molar refractivity (Wildman–Crippen MR) is 43.1 cm³/mol. The molecular weight excluding hydrogens is 158 g/mol. The van der Waals surface area contributed by atoms with Crippen molar-refractivity contribution in [2.45, 2.75) is 0 Å². The molecule has 0 amide bonds. The highest BCUT2D eigenvalue weighted by molar-refractivity contribution is 5.81. The molecule has 0 aliphatic carbocycles. The van der Waals surface area contributed by atoms with Crippen molar-refractivity contribution >= 4 is 12.1 Å². The van der Waals surface area contributed by atoms with E-state index in [0.717, 1.165) is 0 Å². The Morgan fingerprint density at radius 3 is 3.00 bits per heavy atom. The van der Waals surface area contributed by atoms with Gasteiger partial charge in [0.1, 0.15) is 6.33 Å². The summed E-state index contributed by atoms with van der Waals surface area (Å²) >= 11 is 0. The van der Waals surface area contributed by atoms with Gasteiger partial charge in [-0.05, 0) is 0 Å². The number of nitrogens with zero attached hydrogens (tertiary/aromatic N) is 3. The number of anilines is 1. The van der Waals surface area contributed by atoms with Crippen LogP contribution in [0.5, 0.6) is 0 Å². The first-order chi connectivity index (χ1) is 5.79. The van der Waals surface area contributed by atoms with Crippen LogP contribution in [0, 0.1) is 0 Å². The Hall–Kier alpha value is -1.53. The first kappa shape index (κ1) is 8.57. The zero-order valence-electron chi connectivity index (χ0n) is 6.34. The molecule has 0 atom stereocenters. The fraction of sp³-hybridized carbons (Fsp3) is 0.167. The molecule has 0 aliphatic heterocycles. The van der Waals surface area contributed by atoms with Crippen LogP contribution >= 0.6 is 0 Å². The van der Waals surface area contributed by atoms with Gasteiger partial charge in [-0.2, -0.15) is 0 Å². The van der Waals surface area contributed by atoms with Crippen LogP contribution in [0.2, 0.25) is 0 Å². The molecule has 0 bridgehead atoms. The molecule has 12 heavy (non-hydrogen) atoms. The third-order valence-corrected chi connectivity index (χ3v) is 1.31. The van der Waals surface area contributed by atoms with Crippen molar-refractivity contribution < 1.29 is 4.79 Å². The van der Waals surface area contributed by atoms with Gasteiger partial charge in [-0.1, -0.05) is 0 Å². The molecule has 0 unspecified atom stereocenters. The van der Waals surface area contributed by atoms with Crippen molar-refractivity contribution in [1.82, 2.24) is 9.97 Å². The molecular formula is C6H9N5O. The summed E-state index contributed by atoms with van der Waals surface area (Å²) in [6.45, 7) is 0.0951. The predicted octanol–water partition coefficient (Wildman–Crippen LogP) is -1.11. The number of hydrogen-bond acceptors (Lipinski definition) is 6. The Balaban J connectivity index is 3.04. The number of carbonyl (C=O) groups excluding carboxylic acids is 1. The van der Waals surface area contributed by atoms with Crippen LogP contribution in [0.3, 0.4) is 0 Å². The van der Waals surface area contributed by atoms with Gasteiger partial charge in [0.2, 0.25) is 0 Å². The summed E-state index contributed by atoms with van der Waals surface area (Å²) in [6, 6.07) is 0. The minimum Gasteiger partial charge on any atom is -0.313 e. The van der Waals surface area contributed by atoms with Crippen molar-refractivity contribution in [3.63, 3.8) is 0 Å². The van der Waals surface area contributed by atoms with Gasteiger partial charge in [0.05, 0.1) is 12.2 Å². The first-order valence-corrected chi connectivity index (χ1v) is 3.27. The summed E-state index contributed by atoms with van der Waals surface area (Å²) in [5.74, 6) is 5.77. The van der Waals surface area contributed by atoms with Crippen molar-refractivity contribution in [3.8, 4) is 0 Å². The number of aldehydes is 1. The molecule has 6 heteroatoms. The van der Waals surface area contributed by atoms with Crippen LogP contribution in [0.25, 0.3) is 0 Å². The molecule has 0 aliphatic rings. The molecule has 0 saturated heterocycles. The maximum absolute atomic E-state index is 10.4. The Morgan fingerprint density at radius 2 is 2.42 bits per heavy atom. The second kappa shape index (κ2) is 3.74. The molecule has 0 aromatic carbocycles. The number of nitrogens with two attached hydrogens (primary N) is 2. The molecule has 4 N–H and O–H groups in total. The lowest BCUT2D eigenvalue weighted by Gasteiger charge is -2.14. The third kappa shape index (κ3) is 1.55. The van der Waals surface area contributed by atoms with Crippen LogP contribution in [-0.4, -0.2) is 22.9 Å². The van der Waals surface area contributed by atoms with Gasteiger partial charge in [-0.25, -0.2) is 15.8 Å². The van der Waals surface area contributed by atoms with Crippen molar-refractivity contribution in [2.24, 2.45) is 11.6 Å². The summed E-state index contributed by atoms with van der Waals surface area (Å²) in [6.07, 6.45) is 3.31. The Labute approximate surface area is 69.2 Å². The number of aromatic nitrogens is 2. The fourth-order valence-corrected chi connectivity index (χ4v) is 0.744. The van der Waals surface area contributed by atoms with Crippen LogP contribution in [0.1, 0.15) is 10.4 Å². The number of rotatable bonds is 3. The summed E-state index contributed by atoms with van der Waals surface area (Å²) in [5, 5.41) is 1.17. The van der Waals surface area contributed by atoms with Crippen molar-refractivity contribution in [1.29, 1.82) is 0 Å². The van der Waals surface area contributed by atoms with Crippen molar-refractivity contribution in [2.75, 3.05) is 11.7 Å². The summed E-state index contributed by atoms with van der Waals surface area (Å²) in [7, 11) is 0. The Kier molecular flexibility index (Phi) is 2.67. The molecule has 1 rings (SSSR count). The quantitative estimate of drug-likeness (QED) is 0.256. The summed E-state index contributed by atoms with van der Waals surface area (Å²) in [5.41, 5.74) is 5.58. The average Bonchev–Trinajstić information content (AvgIpc) is 2.16. The molecule has 64 valence electrons. The second-order valence-corrected chi connectivity index (χ2v) is 2.07. The molecule has 0 saturated carbocycles. The minimum absolute atomic E-state index is 0.0951. The monoisotopic (exact) mass is 167 g/mol. The largest absolute Gasteiger partial charge is 0.313 e. The van der Waals surface area contributed by atoms with Gasteiger partial charge in [0.25, 0.3) is 0 Å². The summed E-state index contributed by atoms with van der Waals surface area (Å²) in [4.78, 5) is 17.9. The smallest absolute Gasteiger partial charge is 0.157 e. The van der Waals surface area contributed by atoms with E-state index in [1.165, 1.54) is 17.5 Å². The third-order valence-electron chi connectivity index (χ3n) is 1.31. The maximum Gasteiger partial charge on any atom is 0.157 e. The van der Waals surface area contributed by atoms with Gasteiger partial charge < -0.3 is 5.73 Å². The van der Waals surface area contributed by atoms with Crippen LogP contribution in [-0.2, 0) is 0 Å². The van der Waals surface area contributed by atoms with Crippen LogP contribution in [0.15, 0.2) is 12.5 Å². The van der Waals surface area contributed by atoms with Gasteiger partial charge in [-0.15, -0.1) is 0 Å². The lowest BCUT2D eigenvalue weighted by Crippen LogP contribution is -2.37. The maximum atomic E-state index is 10.4. The topological polar surface area (TPSA) is 98.1 Å². The SMILES string of the molecule is NCN(N)c1ncncc1C=O. The van der Waals surface area contributed by atoms with E-state index in [9.17, 15) is 4.79 Å². The van der Waals surface area contributed by atoms with Crippen LogP contribution in [0.4, 0.5) is 5.82 Å². The molecule has 0 spiro atoms. The zero-order valence-corrected chi connectivity index (χ0v) is 6.34. The molecule has 0 radical (unpaired) electrons. The van der Waals surface area contributed by atoms with Crippen molar-refractivity contribution in [3.05, 3.63) is 18.1 Å². The minimum atomic E-state index is 0.0951. The van der Waals surface area contributed by atoms with Gasteiger partial charge in [-0.3, -0.25) is 9.80 Å². The number of carbonyl (C=O) groups is 1. The zero-order chi connectivity index (χ0) is 8.97. The standard InChI is InChI=1S/C6H9N5O/c7-3-11(8)6-5(2-12)1-9-4-10-6/h1-2,4H,3,7-8H2. The summed E-state index contributed by atoms with van der Waals surface area (Å²) < 4.78 is 0. The second-order valence-electron chi connectivity index (χ2n) is 2.07. The Morgan fingerprint density at radius 1 is 1.67 bits per heavy atom. The molecule has 6 nitrogen and oxygen atoms in total. The molecule has 0 fully saturated rings. The fourth-order valence-electron chi connectivity index (χ4n) is 0.744. The van der Waals surface area contributed by atoms with Gasteiger partial charge >= 0.3 is 0 Å². The van der Waals surface area contributed by atoms with E-state index in [0.29, 0.717) is 17.7 Å². The van der Waals surface area contributed by atoms with E-state index in [1.54, 1.807) is 0 Å². The van der Waals surface area contributed by atoms with E-state index < -0.39 is 0 Å². The lowest BCUT2D eigenvalue weighted by atomic mass is 10.3. The van der Waals surface area contributed by atoms with Gasteiger partial charge in [0, 0.05) is 6.20 Å². The highest BCUT2D eigenvalue weighted by Gasteiger charge is 2.06. The first-order valence-electron chi connectivity index (χ1n) is 3.27. The Bertz CT molecular complexity index is 276. The highest BCUT2D eigenvalue weighted by atomic mass is 16.1. The van der Waals surface area contributed by atoms with Gasteiger partial charge in [0.15, 0.2) is 12.1 Å². The van der Waals surface area contributed by atoms with E-state index >= 15 is 0 Å². The van der Waals surface area contributed by atoms with Crippen LogP contribution < -0.4 is 16.6 Å². The van der Waals surface area contributed by atoms with E-state index in [-0.39, 0.29) is 6.67 Å². The van der Waals surface area contributed by atoms with E-state index in [2.05, 4.69) is 9.97 Å². The molecule has 1 aromatic heterocycles. The average molecular weight is 167 g/mol. The lowest BCUT2D eigenvalue weighted by molar-refractivity contribution is 0.112. The number of hydrazine groups is 1.